The standard InChI is InChI=1S/C25H16F2N2O5S/c1-3-10-33-24(32)22-12(2)28-25(35-22)29-19(14-6-4-5-7-16(14)27)18-20(30)15-11-13(26)8-9-17(15)34-21(18)23(29)31/h3-9,11,19H,1,10H2,2H3/t19-/m0/s1. The molecule has 0 saturated heterocycles. The van der Waals surface area contributed by atoms with Gasteiger partial charge in [0.1, 0.15) is 34.7 Å². The molecule has 0 unspecified atom stereocenters. The van der Waals surface area contributed by atoms with Gasteiger partial charge in [0.05, 0.1) is 16.6 Å². The van der Waals surface area contributed by atoms with Gasteiger partial charge in [0.2, 0.25) is 5.76 Å². The zero-order valence-electron chi connectivity index (χ0n) is 18.2. The van der Waals surface area contributed by atoms with Gasteiger partial charge >= 0.3 is 5.97 Å². The number of aromatic nitrogens is 1. The molecule has 0 fully saturated rings. The van der Waals surface area contributed by atoms with Crippen molar-refractivity contribution in [2.24, 2.45) is 0 Å². The fraction of sp³-hybridized carbons (Fsp3) is 0.120. The Kier molecular flexibility index (Phi) is 5.52. The van der Waals surface area contributed by atoms with E-state index in [4.69, 9.17) is 9.15 Å². The third kappa shape index (κ3) is 3.62. The molecule has 0 aliphatic carbocycles. The number of hydrogen-bond acceptors (Lipinski definition) is 7. The number of ether oxygens (including phenoxy) is 1. The molecular formula is C25H16F2N2O5S. The molecule has 1 atom stereocenters. The van der Waals surface area contributed by atoms with Crippen LogP contribution in [0.25, 0.3) is 11.0 Å². The van der Waals surface area contributed by atoms with Crippen LogP contribution in [0.3, 0.4) is 0 Å². The number of thiazole rings is 1. The predicted octanol–water partition coefficient (Wildman–Crippen LogP) is 4.93. The van der Waals surface area contributed by atoms with Crippen molar-refractivity contribution < 1.29 is 27.5 Å². The minimum atomic E-state index is -1.25. The second kappa shape index (κ2) is 8.55. The lowest BCUT2D eigenvalue weighted by atomic mass is 9.98. The normalized spacial score (nSPS) is 14.9. The summed E-state index contributed by atoms with van der Waals surface area (Å²) in [7, 11) is 0. The van der Waals surface area contributed by atoms with E-state index in [0.29, 0.717) is 5.69 Å². The largest absolute Gasteiger partial charge is 0.457 e. The van der Waals surface area contributed by atoms with Crippen molar-refractivity contribution in [3.05, 3.63) is 104 Å². The van der Waals surface area contributed by atoms with Gasteiger partial charge in [-0.15, -0.1) is 0 Å². The summed E-state index contributed by atoms with van der Waals surface area (Å²) in [6, 6.07) is 7.79. The van der Waals surface area contributed by atoms with Crippen LogP contribution in [0.4, 0.5) is 13.9 Å². The number of fused-ring (bicyclic) bond motifs is 2. The van der Waals surface area contributed by atoms with Gasteiger partial charge < -0.3 is 9.15 Å². The fourth-order valence-corrected chi connectivity index (χ4v) is 5.00. The van der Waals surface area contributed by atoms with Crippen LogP contribution in [0.2, 0.25) is 0 Å². The quantitative estimate of drug-likeness (QED) is 0.289. The molecule has 35 heavy (non-hydrogen) atoms. The van der Waals surface area contributed by atoms with Crippen molar-refractivity contribution in [1.82, 2.24) is 4.98 Å². The molecule has 5 rings (SSSR count). The second-order valence-corrected chi connectivity index (χ2v) is 8.69. The van der Waals surface area contributed by atoms with Gasteiger partial charge in [-0.3, -0.25) is 14.5 Å². The first kappa shape index (κ1) is 22.6. The lowest BCUT2D eigenvalue weighted by Gasteiger charge is -2.22. The van der Waals surface area contributed by atoms with E-state index < -0.39 is 35.0 Å². The smallest absolute Gasteiger partial charge is 0.350 e. The number of rotatable bonds is 5. The average Bonchev–Trinajstić information content (AvgIpc) is 3.36. The van der Waals surface area contributed by atoms with Gasteiger partial charge in [0, 0.05) is 5.56 Å². The Bertz CT molecular complexity index is 1590. The molecule has 0 radical (unpaired) electrons. The summed E-state index contributed by atoms with van der Waals surface area (Å²) in [5, 5.41) is -0.0314. The number of nitrogens with zero attached hydrogens (tertiary/aromatic N) is 2. The van der Waals surface area contributed by atoms with Crippen molar-refractivity contribution in [2.75, 3.05) is 11.5 Å². The number of benzene rings is 2. The number of esters is 1. The Morgan fingerprint density at radius 3 is 2.77 bits per heavy atom. The first-order chi connectivity index (χ1) is 16.8. The molecule has 4 aromatic rings. The first-order valence-electron chi connectivity index (χ1n) is 10.4. The molecule has 2 aromatic carbocycles. The van der Waals surface area contributed by atoms with E-state index in [0.717, 1.165) is 28.4 Å². The van der Waals surface area contributed by atoms with Gasteiger partial charge in [-0.05, 0) is 31.2 Å². The van der Waals surface area contributed by atoms with Crippen molar-refractivity contribution in [1.29, 1.82) is 0 Å². The summed E-state index contributed by atoms with van der Waals surface area (Å²) in [4.78, 5) is 45.1. The molecule has 1 aliphatic heterocycles. The monoisotopic (exact) mass is 494 g/mol. The van der Waals surface area contributed by atoms with Crippen LogP contribution in [0.5, 0.6) is 0 Å². The third-order valence-corrected chi connectivity index (χ3v) is 6.68. The number of halogens is 2. The lowest BCUT2D eigenvalue weighted by molar-refractivity contribution is 0.0554. The summed E-state index contributed by atoms with van der Waals surface area (Å²) < 4.78 is 39.7. The molecule has 3 heterocycles. The van der Waals surface area contributed by atoms with Gasteiger partial charge in [-0.25, -0.2) is 18.6 Å². The van der Waals surface area contributed by atoms with E-state index >= 15 is 0 Å². The Morgan fingerprint density at radius 1 is 1.26 bits per heavy atom. The van der Waals surface area contributed by atoms with E-state index in [-0.39, 0.29) is 44.5 Å². The van der Waals surface area contributed by atoms with E-state index in [1.807, 2.05) is 0 Å². The molecular weight excluding hydrogens is 478 g/mol. The van der Waals surface area contributed by atoms with E-state index in [1.54, 1.807) is 13.0 Å². The van der Waals surface area contributed by atoms with Crippen molar-refractivity contribution >= 4 is 39.3 Å². The summed E-state index contributed by atoms with van der Waals surface area (Å²) in [5.41, 5.74) is -0.472. The zero-order chi connectivity index (χ0) is 24.9. The number of carbonyl (C=O) groups excluding carboxylic acids is 2. The van der Waals surface area contributed by atoms with Gasteiger partial charge in [0.25, 0.3) is 5.91 Å². The summed E-state index contributed by atoms with van der Waals surface area (Å²) in [6.45, 7) is 5.05. The first-order valence-corrected chi connectivity index (χ1v) is 11.2. The highest BCUT2D eigenvalue weighted by molar-refractivity contribution is 7.17. The molecule has 0 spiro atoms. The number of hydrogen-bond donors (Lipinski definition) is 0. The topological polar surface area (TPSA) is 89.7 Å². The van der Waals surface area contributed by atoms with Gasteiger partial charge in [-0.2, -0.15) is 0 Å². The predicted molar refractivity (Wildman–Crippen MR) is 125 cm³/mol. The van der Waals surface area contributed by atoms with Crippen molar-refractivity contribution in [3.63, 3.8) is 0 Å². The van der Waals surface area contributed by atoms with Crippen LogP contribution in [-0.2, 0) is 4.74 Å². The molecule has 1 amide bonds. The molecule has 0 saturated carbocycles. The minimum Gasteiger partial charge on any atom is -0.457 e. The van der Waals surface area contributed by atoms with Crippen LogP contribution in [0, 0.1) is 18.6 Å². The average molecular weight is 494 g/mol. The van der Waals surface area contributed by atoms with Crippen LogP contribution < -0.4 is 10.3 Å². The summed E-state index contributed by atoms with van der Waals surface area (Å²) in [6.07, 6.45) is 1.41. The van der Waals surface area contributed by atoms with E-state index in [9.17, 15) is 23.2 Å². The Labute approximate surface area is 200 Å². The third-order valence-electron chi connectivity index (χ3n) is 5.54. The van der Waals surface area contributed by atoms with Crippen molar-refractivity contribution in [3.8, 4) is 0 Å². The van der Waals surface area contributed by atoms with E-state index in [2.05, 4.69) is 11.6 Å². The van der Waals surface area contributed by atoms with E-state index in [1.165, 1.54) is 30.3 Å². The summed E-state index contributed by atoms with van der Waals surface area (Å²) >= 11 is 0.866. The molecule has 2 aromatic heterocycles. The lowest BCUT2D eigenvalue weighted by Crippen LogP contribution is -2.30. The highest BCUT2D eigenvalue weighted by Gasteiger charge is 2.46. The highest BCUT2D eigenvalue weighted by Crippen LogP contribution is 2.43. The number of aryl methyl sites for hydroxylation is 1. The fourth-order valence-electron chi connectivity index (χ4n) is 4.01. The zero-order valence-corrected chi connectivity index (χ0v) is 19.0. The minimum absolute atomic E-state index is 0.0149. The molecule has 1 aliphatic rings. The van der Waals surface area contributed by atoms with Crippen molar-refractivity contribution in [2.45, 2.75) is 13.0 Å². The molecule has 10 heteroatoms. The van der Waals surface area contributed by atoms with Gasteiger partial charge in [0.15, 0.2) is 10.6 Å². The van der Waals surface area contributed by atoms with Gasteiger partial charge in [-0.1, -0.05) is 42.2 Å². The molecule has 0 N–H and O–H groups in total. The second-order valence-electron chi connectivity index (χ2n) is 7.71. The number of anilines is 1. The summed E-state index contributed by atoms with van der Waals surface area (Å²) in [5.74, 6) is -3.03. The maximum absolute atomic E-state index is 15.0. The maximum atomic E-state index is 15.0. The molecule has 7 nitrogen and oxygen atoms in total. The Morgan fingerprint density at radius 2 is 2.03 bits per heavy atom. The Balaban J connectivity index is 1.74. The number of amides is 1. The van der Waals surface area contributed by atoms with Crippen LogP contribution in [-0.4, -0.2) is 23.5 Å². The number of carbonyl (C=O) groups is 2. The van der Waals surface area contributed by atoms with Crippen LogP contribution in [0.1, 0.15) is 43.1 Å². The van der Waals surface area contributed by atoms with Crippen LogP contribution in [0.15, 0.2) is 64.3 Å². The SMILES string of the molecule is C=CCOC(=O)c1sc(N2C(=O)c3oc4ccc(F)cc4c(=O)c3[C@@H]2c2ccccc2F)nc1C. The van der Waals surface area contributed by atoms with Crippen LogP contribution >= 0.6 is 11.3 Å². The molecule has 0 bridgehead atoms. The molecule has 176 valence electrons. The highest BCUT2D eigenvalue weighted by atomic mass is 32.1. The Hall–Kier alpha value is -4.18. The maximum Gasteiger partial charge on any atom is 0.350 e.